The normalized spacial score (nSPS) is 10.4. The summed E-state index contributed by atoms with van der Waals surface area (Å²) in [6.07, 6.45) is 0.627. The molecule has 25 heavy (non-hydrogen) atoms. The largest absolute Gasteiger partial charge is 0.294 e. The van der Waals surface area contributed by atoms with E-state index in [1.165, 1.54) is 0 Å². The molecule has 0 aliphatic carbocycles. The minimum atomic E-state index is 0.0720. The number of hydrogen-bond acceptors (Lipinski definition) is 2. The topological polar surface area (TPSA) is 38.0 Å². The van der Waals surface area contributed by atoms with Crippen molar-refractivity contribution in [3.05, 3.63) is 101 Å². The van der Waals surface area contributed by atoms with E-state index in [4.69, 9.17) is 0 Å². The molecular formula is C22H20NO2+. The lowest BCUT2D eigenvalue weighted by molar-refractivity contribution is -0.685. The highest BCUT2D eigenvalue weighted by Crippen LogP contribution is 2.08. The van der Waals surface area contributed by atoms with E-state index in [9.17, 15) is 9.59 Å². The Morgan fingerprint density at radius 1 is 0.640 bits per heavy atom. The number of hydrogen-bond donors (Lipinski definition) is 0. The second-order valence-electron chi connectivity index (χ2n) is 6.00. The predicted octanol–water partition coefficient (Wildman–Crippen LogP) is 3.36. The third kappa shape index (κ3) is 4.07. The van der Waals surface area contributed by atoms with Crippen LogP contribution in [0.4, 0.5) is 0 Å². The molecule has 0 spiro atoms. The Morgan fingerprint density at radius 2 is 1.04 bits per heavy atom. The molecule has 1 heterocycles. The molecule has 0 saturated heterocycles. The second kappa shape index (κ2) is 7.67. The molecule has 0 saturated carbocycles. The highest BCUT2D eigenvalue weighted by molar-refractivity contribution is 5.97. The van der Waals surface area contributed by atoms with Gasteiger partial charge in [-0.25, -0.2) is 4.57 Å². The van der Waals surface area contributed by atoms with Crippen molar-refractivity contribution in [2.45, 2.75) is 12.8 Å². The number of rotatable bonds is 6. The third-order valence-corrected chi connectivity index (χ3v) is 4.31. The van der Waals surface area contributed by atoms with Crippen LogP contribution in [-0.4, -0.2) is 11.6 Å². The summed E-state index contributed by atoms with van der Waals surface area (Å²) in [5, 5.41) is 0. The van der Waals surface area contributed by atoms with Crippen molar-refractivity contribution in [1.29, 1.82) is 0 Å². The maximum absolute atomic E-state index is 12.4. The molecule has 3 aromatic rings. The van der Waals surface area contributed by atoms with Crippen molar-refractivity contribution >= 4 is 11.6 Å². The molecule has 0 fully saturated rings. The van der Waals surface area contributed by atoms with Crippen molar-refractivity contribution < 1.29 is 14.2 Å². The van der Waals surface area contributed by atoms with Gasteiger partial charge in [0.15, 0.2) is 23.0 Å². The maximum Gasteiger partial charge on any atom is 0.189 e. The molecule has 0 unspecified atom stereocenters. The first-order chi connectivity index (χ1) is 12.1. The SMILES string of the molecule is C[n+]1c(CC(=O)c2ccccc2)cccc1CC(=O)c1ccccc1. The average Bonchev–Trinajstić information content (AvgIpc) is 2.66. The minimum Gasteiger partial charge on any atom is -0.294 e. The van der Waals surface area contributed by atoms with Gasteiger partial charge in [-0.15, -0.1) is 0 Å². The van der Waals surface area contributed by atoms with Gasteiger partial charge >= 0.3 is 0 Å². The lowest BCUT2D eigenvalue weighted by Gasteiger charge is -2.05. The number of Topliss-reactive ketones (excluding diaryl/α,β-unsaturated/α-hetero) is 2. The molecule has 0 aliphatic heterocycles. The molecule has 0 amide bonds. The number of benzene rings is 2. The Morgan fingerprint density at radius 3 is 1.44 bits per heavy atom. The summed E-state index contributed by atoms with van der Waals surface area (Å²) >= 11 is 0. The molecule has 0 bridgehead atoms. The zero-order valence-corrected chi connectivity index (χ0v) is 14.2. The first kappa shape index (κ1) is 16.8. The van der Waals surface area contributed by atoms with Crippen LogP contribution in [0.3, 0.4) is 0 Å². The molecule has 124 valence electrons. The fourth-order valence-corrected chi connectivity index (χ4v) is 2.81. The molecule has 3 rings (SSSR count). The van der Waals surface area contributed by atoms with E-state index in [0.717, 1.165) is 11.4 Å². The van der Waals surface area contributed by atoms with Crippen LogP contribution in [0.15, 0.2) is 78.9 Å². The molecule has 0 atom stereocenters. The molecular weight excluding hydrogens is 310 g/mol. The number of nitrogens with zero attached hydrogens (tertiary/aromatic N) is 1. The van der Waals surface area contributed by atoms with Crippen LogP contribution < -0.4 is 4.57 Å². The smallest absolute Gasteiger partial charge is 0.189 e. The van der Waals surface area contributed by atoms with Crippen molar-refractivity contribution in [3.63, 3.8) is 0 Å². The van der Waals surface area contributed by atoms with E-state index in [2.05, 4.69) is 0 Å². The molecule has 0 radical (unpaired) electrons. The van der Waals surface area contributed by atoms with Crippen molar-refractivity contribution in [3.8, 4) is 0 Å². The number of aromatic nitrogens is 1. The number of pyridine rings is 1. The highest BCUT2D eigenvalue weighted by atomic mass is 16.1. The van der Waals surface area contributed by atoms with Gasteiger partial charge < -0.3 is 0 Å². The fraction of sp³-hybridized carbons (Fsp3) is 0.136. The van der Waals surface area contributed by atoms with Gasteiger partial charge in [0.25, 0.3) is 0 Å². The van der Waals surface area contributed by atoms with E-state index < -0.39 is 0 Å². The monoisotopic (exact) mass is 330 g/mol. The van der Waals surface area contributed by atoms with Gasteiger partial charge in [0.1, 0.15) is 7.05 Å². The summed E-state index contributed by atoms with van der Waals surface area (Å²) in [6, 6.07) is 24.3. The Bertz CT molecular complexity index is 815. The van der Waals surface area contributed by atoms with Crippen LogP contribution in [-0.2, 0) is 19.9 Å². The molecule has 0 N–H and O–H groups in total. The Kier molecular flexibility index (Phi) is 5.14. The van der Waals surface area contributed by atoms with Crippen molar-refractivity contribution in [2.75, 3.05) is 0 Å². The molecule has 0 aliphatic rings. The lowest BCUT2D eigenvalue weighted by atomic mass is 10.0. The van der Waals surface area contributed by atoms with Crippen molar-refractivity contribution in [1.82, 2.24) is 0 Å². The Labute approximate surface area is 147 Å². The average molecular weight is 330 g/mol. The third-order valence-electron chi connectivity index (χ3n) is 4.31. The Hall–Kier alpha value is -3.07. The maximum atomic E-state index is 12.4. The molecule has 3 heteroatoms. The van der Waals surface area contributed by atoms with Gasteiger partial charge in [-0.05, 0) is 6.07 Å². The number of ketones is 2. The van der Waals surface area contributed by atoms with Gasteiger partial charge in [-0.1, -0.05) is 60.7 Å². The molecule has 3 nitrogen and oxygen atoms in total. The van der Waals surface area contributed by atoms with E-state index in [-0.39, 0.29) is 11.6 Å². The van der Waals surface area contributed by atoms with E-state index >= 15 is 0 Å². The van der Waals surface area contributed by atoms with Gasteiger partial charge in [0.2, 0.25) is 0 Å². The quantitative estimate of drug-likeness (QED) is 0.513. The van der Waals surface area contributed by atoms with Gasteiger partial charge in [0, 0.05) is 23.3 Å². The zero-order valence-electron chi connectivity index (χ0n) is 14.2. The van der Waals surface area contributed by atoms with Crippen LogP contribution in [0.25, 0.3) is 0 Å². The van der Waals surface area contributed by atoms with Gasteiger partial charge in [-0.2, -0.15) is 0 Å². The van der Waals surface area contributed by atoms with E-state index in [1.54, 1.807) is 0 Å². The van der Waals surface area contributed by atoms with E-state index in [1.807, 2.05) is 90.5 Å². The first-order valence-corrected chi connectivity index (χ1v) is 8.28. The predicted molar refractivity (Wildman–Crippen MR) is 96.6 cm³/mol. The summed E-state index contributed by atoms with van der Waals surface area (Å²) in [7, 11) is 1.90. The van der Waals surface area contributed by atoms with Crippen LogP contribution in [0.5, 0.6) is 0 Å². The fourth-order valence-electron chi connectivity index (χ4n) is 2.81. The minimum absolute atomic E-state index is 0.0720. The van der Waals surface area contributed by atoms with E-state index in [0.29, 0.717) is 24.0 Å². The zero-order chi connectivity index (χ0) is 17.6. The summed E-state index contributed by atoms with van der Waals surface area (Å²) < 4.78 is 1.95. The van der Waals surface area contributed by atoms with Crippen molar-refractivity contribution in [2.24, 2.45) is 7.05 Å². The van der Waals surface area contributed by atoms with Gasteiger partial charge in [-0.3, -0.25) is 9.59 Å². The summed E-state index contributed by atoms with van der Waals surface area (Å²) in [5.41, 5.74) is 3.20. The molecule has 2 aromatic carbocycles. The van der Waals surface area contributed by atoms with Gasteiger partial charge in [0.05, 0.1) is 12.8 Å². The van der Waals surface area contributed by atoms with Crippen LogP contribution >= 0.6 is 0 Å². The summed E-state index contributed by atoms with van der Waals surface area (Å²) in [5.74, 6) is 0.144. The van der Waals surface area contributed by atoms with Crippen LogP contribution in [0.1, 0.15) is 32.1 Å². The standard InChI is InChI=1S/C22H20NO2/c1-23-19(15-21(24)17-9-4-2-5-10-17)13-8-14-20(23)16-22(25)18-11-6-3-7-12-18/h2-14H,15-16H2,1H3/q+1. The summed E-state index contributed by atoms with van der Waals surface area (Å²) in [4.78, 5) is 24.9. The second-order valence-corrected chi connectivity index (χ2v) is 6.00. The Balaban J connectivity index is 1.78. The highest BCUT2D eigenvalue weighted by Gasteiger charge is 2.19. The van der Waals surface area contributed by atoms with Crippen LogP contribution in [0.2, 0.25) is 0 Å². The summed E-state index contributed by atoms with van der Waals surface area (Å²) in [6.45, 7) is 0. The molecule has 1 aromatic heterocycles. The van der Waals surface area contributed by atoms with Crippen LogP contribution in [0, 0.1) is 0 Å². The first-order valence-electron chi connectivity index (χ1n) is 8.28. The lowest BCUT2D eigenvalue weighted by Crippen LogP contribution is -2.40. The number of carbonyl (C=O) groups is 2. The number of carbonyl (C=O) groups excluding carboxylic acids is 2.